The van der Waals surface area contributed by atoms with Crippen LogP contribution in [0.3, 0.4) is 0 Å². The molecule has 2 heterocycles. The summed E-state index contributed by atoms with van der Waals surface area (Å²) in [7, 11) is 0. The van der Waals surface area contributed by atoms with Gasteiger partial charge in [0.1, 0.15) is 5.52 Å². The Balaban J connectivity index is 2.44. The van der Waals surface area contributed by atoms with Crippen molar-refractivity contribution in [1.82, 2.24) is 19.8 Å². The zero-order valence-electron chi connectivity index (χ0n) is 7.96. The van der Waals surface area contributed by atoms with E-state index in [0.29, 0.717) is 6.54 Å². The third-order valence-electron chi connectivity index (χ3n) is 2.39. The molecule has 74 valence electrons. The van der Waals surface area contributed by atoms with Crippen molar-refractivity contribution >= 4 is 16.7 Å². The lowest BCUT2D eigenvalue weighted by Crippen LogP contribution is -1.99. The first-order valence-electron chi connectivity index (χ1n) is 4.67. The summed E-state index contributed by atoms with van der Waals surface area (Å²) in [5.41, 5.74) is 9.12. The maximum Gasteiger partial charge on any atom is 0.177 e. The maximum atomic E-state index is 5.56. The molecule has 1 aromatic carbocycles. The smallest absolute Gasteiger partial charge is 0.177 e. The molecule has 2 N–H and O–H groups in total. The predicted molar refractivity (Wildman–Crippen MR) is 56.2 cm³/mol. The molecule has 0 radical (unpaired) electrons. The van der Waals surface area contributed by atoms with Crippen molar-refractivity contribution in [3.63, 3.8) is 0 Å². The standard InChI is InChI=1S/C10H9N5/c11-6-7-1-2-9-8(5-7)13-14-10-3-4-12-15(9)10/h1-5H,6,11H2. The van der Waals surface area contributed by atoms with Gasteiger partial charge < -0.3 is 5.73 Å². The highest BCUT2D eigenvalue weighted by atomic mass is 15.3. The Morgan fingerprint density at radius 3 is 3.00 bits per heavy atom. The van der Waals surface area contributed by atoms with Gasteiger partial charge in [0.05, 0.1) is 11.7 Å². The summed E-state index contributed by atoms with van der Waals surface area (Å²) in [6, 6.07) is 7.70. The van der Waals surface area contributed by atoms with E-state index >= 15 is 0 Å². The van der Waals surface area contributed by atoms with Crippen LogP contribution in [0.15, 0.2) is 30.5 Å². The Morgan fingerprint density at radius 2 is 2.13 bits per heavy atom. The van der Waals surface area contributed by atoms with Crippen molar-refractivity contribution in [2.45, 2.75) is 6.54 Å². The van der Waals surface area contributed by atoms with E-state index in [1.807, 2.05) is 24.3 Å². The summed E-state index contributed by atoms with van der Waals surface area (Å²) < 4.78 is 1.77. The summed E-state index contributed by atoms with van der Waals surface area (Å²) in [6.07, 6.45) is 1.71. The Labute approximate surface area is 85.5 Å². The number of hydrogen-bond acceptors (Lipinski definition) is 4. The van der Waals surface area contributed by atoms with Gasteiger partial charge in [-0.2, -0.15) is 5.10 Å². The number of nitrogens with two attached hydrogens (primary N) is 1. The fourth-order valence-corrected chi connectivity index (χ4v) is 1.62. The van der Waals surface area contributed by atoms with E-state index in [2.05, 4.69) is 15.3 Å². The predicted octanol–water partition coefficient (Wildman–Crippen LogP) is 0.736. The van der Waals surface area contributed by atoms with Gasteiger partial charge in [-0.05, 0) is 17.7 Å². The lowest BCUT2D eigenvalue weighted by atomic mass is 10.2. The van der Waals surface area contributed by atoms with Gasteiger partial charge in [0.2, 0.25) is 0 Å². The molecule has 0 aliphatic heterocycles. The maximum absolute atomic E-state index is 5.56. The number of hydrogen-bond donors (Lipinski definition) is 1. The van der Waals surface area contributed by atoms with Gasteiger partial charge in [-0.1, -0.05) is 6.07 Å². The molecule has 0 saturated heterocycles. The number of rotatable bonds is 1. The monoisotopic (exact) mass is 199 g/mol. The molecule has 3 aromatic rings. The highest BCUT2D eigenvalue weighted by Crippen LogP contribution is 2.13. The second-order valence-electron chi connectivity index (χ2n) is 3.33. The Bertz CT molecular complexity index is 628. The number of benzene rings is 1. The first-order valence-corrected chi connectivity index (χ1v) is 4.67. The molecule has 5 heteroatoms. The SMILES string of the molecule is NCc1ccc2c(c1)nnc1ccnn12. The Morgan fingerprint density at radius 1 is 1.20 bits per heavy atom. The van der Waals surface area contributed by atoms with Crippen molar-refractivity contribution in [2.24, 2.45) is 5.73 Å². The minimum absolute atomic E-state index is 0.509. The summed E-state index contributed by atoms with van der Waals surface area (Å²) in [4.78, 5) is 0. The summed E-state index contributed by atoms with van der Waals surface area (Å²) >= 11 is 0. The molecule has 15 heavy (non-hydrogen) atoms. The summed E-state index contributed by atoms with van der Waals surface area (Å²) in [6.45, 7) is 0.509. The average molecular weight is 199 g/mol. The van der Waals surface area contributed by atoms with E-state index in [9.17, 15) is 0 Å². The molecule has 0 unspecified atom stereocenters. The summed E-state index contributed by atoms with van der Waals surface area (Å²) in [5.74, 6) is 0. The molecular weight excluding hydrogens is 190 g/mol. The van der Waals surface area contributed by atoms with E-state index in [0.717, 1.165) is 22.2 Å². The Kier molecular flexibility index (Phi) is 1.66. The molecule has 0 fully saturated rings. The highest BCUT2D eigenvalue weighted by Gasteiger charge is 2.03. The third kappa shape index (κ3) is 1.17. The fraction of sp³-hybridized carbons (Fsp3) is 0.100. The van der Waals surface area contributed by atoms with Crippen LogP contribution in [0.4, 0.5) is 0 Å². The van der Waals surface area contributed by atoms with Crippen LogP contribution >= 0.6 is 0 Å². The van der Waals surface area contributed by atoms with Crippen LogP contribution in [0, 0.1) is 0 Å². The van der Waals surface area contributed by atoms with Crippen molar-refractivity contribution in [3.05, 3.63) is 36.0 Å². The van der Waals surface area contributed by atoms with Crippen molar-refractivity contribution in [2.75, 3.05) is 0 Å². The van der Waals surface area contributed by atoms with E-state index in [4.69, 9.17) is 5.73 Å². The van der Waals surface area contributed by atoms with E-state index in [-0.39, 0.29) is 0 Å². The molecule has 3 rings (SSSR count). The lowest BCUT2D eigenvalue weighted by molar-refractivity contribution is 0.940. The van der Waals surface area contributed by atoms with Crippen LogP contribution in [0.25, 0.3) is 16.7 Å². The van der Waals surface area contributed by atoms with Crippen LogP contribution in [-0.2, 0) is 6.54 Å². The first-order chi connectivity index (χ1) is 7.38. The zero-order chi connectivity index (χ0) is 10.3. The molecule has 0 amide bonds. The topological polar surface area (TPSA) is 69.1 Å². The van der Waals surface area contributed by atoms with Gasteiger partial charge in [-0.15, -0.1) is 10.2 Å². The number of fused-ring (bicyclic) bond motifs is 3. The zero-order valence-corrected chi connectivity index (χ0v) is 7.96. The van der Waals surface area contributed by atoms with E-state index in [1.165, 1.54) is 0 Å². The molecule has 0 aliphatic carbocycles. The molecular formula is C10H9N5. The van der Waals surface area contributed by atoms with Crippen molar-refractivity contribution in [3.8, 4) is 0 Å². The molecule has 0 spiro atoms. The molecule has 0 bridgehead atoms. The van der Waals surface area contributed by atoms with Crippen LogP contribution < -0.4 is 5.73 Å². The van der Waals surface area contributed by atoms with E-state index < -0.39 is 0 Å². The molecule has 5 nitrogen and oxygen atoms in total. The third-order valence-corrected chi connectivity index (χ3v) is 2.39. The van der Waals surface area contributed by atoms with Crippen molar-refractivity contribution < 1.29 is 0 Å². The molecule has 2 aromatic heterocycles. The molecule has 0 saturated carbocycles. The second kappa shape index (κ2) is 2.99. The summed E-state index contributed by atoms with van der Waals surface area (Å²) in [5, 5.41) is 12.4. The number of nitrogens with zero attached hydrogens (tertiary/aromatic N) is 4. The highest BCUT2D eigenvalue weighted by molar-refractivity contribution is 5.76. The van der Waals surface area contributed by atoms with Gasteiger partial charge in [0.15, 0.2) is 5.65 Å². The lowest BCUT2D eigenvalue weighted by Gasteiger charge is -2.01. The van der Waals surface area contributed by atoms with Crippen LogP contribution in [0.1, 0.15) is 5.56 Å². The second-order valence-corrected chi connectivity index (χ2v) is 3.33. The quantitative estimate of drug-likeness (QED) is 0.627. The normalized spacial score (nSPS) is 11.3. The van der Waals surface area contributed by atoms with Gasteiger partial charge in [0, 0.05) is 12.6 Å². The minimum atomic E-state index is 0.509. The van der Waals surface area contributed by atoms with Gasteiger partial charge in [-0.25, -0.2) is 4.52 Å². The Hall–Kier alpha value is -2.01. The largest absolute Gasteiger partial charge is 0.326 e. The number of aromatic nitrogens is 4. The van der Waals surface area contributed by atoms with Crippen molar-refractivity contribution in [1.29, 1.82) is 0 Å². The fourth-order valence-electron chi connectivity index (χ4n) is 1.62. The average Bonchev–Trinajstić information content (AvgIpc) is 2.76. The van der Waals surface area contributed by atoms with Gasteiger partial charge in [-0.3, -0.25) is 0 Å². The van der Waals surface area contributed by atoms with Gasteiger partial charge in [0.25, 0.3) is 0 Å². The minimum Gasteiger partial charge on any atom is -0.326 e. The van der Waals surface area contributed by atoms with Crippen LogP contribution in [0.2, 0.25) is 0 Å². The first kappa shape index (κ1) is 8.31. The molecule has 0 atom stereocenters. The van der Waals surface area contributed by atoms with E-state index in [1.54, 1.807) is 10.7 Å². The van der Waals surface area contributed by atoms with Crippen LogP contribution in [0.5, 0.6) is 0 Å². The van der Waals surface area contributed by atoms with Crippen LogP contribution in [-0.4, -0.2) is 19.8 Å². The van der Waals surface area contributed by atoms with Gasteiger partial charge >= 0.3 is 0 Å². The molecule has 0 aliphatic rings.